The van der Waals surface area contributed by atoms with Gasteiger partial charge in [0.2, 0.25) is 5.91 Å². The fourth-order valence-electron chi connectivity index (χ4n) is 3.27. The number of ether oxygens (including phenoxy) is 2. The lowest BCUT2D eigenvalue weighted by Crippen LogP contribution is -2.38. The van der Waals surface area contributed by atoms with E-state index in [1.807, 2.05) is 48.5 Å². The third kappa shape index (κ3) is 5.35. The number of anilines is 2. The SMILES string of the molecule is O=C(CCOc1ccccc1)Nc1ccc2c(c1)N(Cc1cccc(Cl)c1)C(=O)CO2. The van der Waals surface area contributed by atoms with E-state index < -0.39 is 0 Å². The number of para-hydroxylation sites is 1. The van der Waals surface area contributed by atoms with Gasteiger partial charge in [-0.15, -0.1) is 0 Å². The van der Waals surface area contributed by atoms with E-state index in [1.165, 1.54) is 0 Å². The fraction of sp³-hybridized carbons (Fsp3) is 0.167. The molecule has 158 valence electrons. The smallest absolute Gasteiger partial charge is 0.265 e. The van der Waals surface area contributed by atoms with Gasteiger partial charge in [-0.25, -0.2) is 0 Å². The number of nitrogens with one attached hydrogen (secondary N) is 1. The summed E-state index contributed by atoms with van der Waals surface area (Å²) in [4.78, 5) is 26.5. The molecule has 0 unspecified atom stereocenters. The van der Waals surface area contributed by atoms with Crippen molar-refractivity contribution in [3.05, 3.63) is 83.4 Å². The van der Waals surface area contributed by atoms with Crippen LogP contribution in [-0.2, 0) is 16.1 Å². The van der Waals surface area contributed by atoms with E-state index in [9.17, 15) is 9.59 Å². The first kappa shape index (κ1) is 20.8. The topological polar surface area (TPSA) is 67.9 Å². The molecule has 6 nitrogen and oxygen atoms in total. The molecule has 0 fully saturated rings. The van der Waals surface area contributed by atoms with E-state index in [2.05, 4.69) is 5.32 Å². The number of hydrogen-bond acceptors (Lipinski definition) is 4. The molecule has 0 saturated carbocycles. The quantitative estimate of drug-likeness (QED) is 0.584. The van der Waals surface area contributed by atoms with Gasteiger partial charge in [0.05, 0.1) is 25.3 Å². The molecule has 0 spiro atoms. The highest BCUT2D eigenvalue weighted by molar-refractivity contribution is 6.30. The molecule has 1 heterocycles. The zero-order chi connectivity index (χ0) is 21.6. The fourth-order valence-corrected chi connectivity index (χ4v) is 3.49. The number of carbonyl (C=O) groups excluding carboxylic acids is 2. The van der Waals surface area contributed by atoms with E-state index >= 15 is 0 Å². The van der Waals surface area contributed by atoms with E-state index in [-0.39, 0.29) is 31.4 Å². The maximum absolute atomic E-state index is 12.5. The van der Waals surface area contributed by atoms with Gasteiger partial charge in [0.15, 0.2) is 6.61 Å². The molecule has 7 heteroatoms. The predicted octanol–water partition coefficient (Wildman–Crippen LogP) is 4.67. The van der Waals surface area contributed by atoms with Gasteiger partial charge >= 0.3 is 0 Å². The van der Waals surface area contributed by atoms with Crippen LogP contribution in [0, 0.1) is 0 Å². The second-order valence-corrected chi connectivity index (χ2v) is 7.48. The van der Waals surface area contributed by atoms with Gasteiger partial charge in [0.25, 0.3) is 5.91 Å². The van der Waals surface area contributed by atoms with Gasteiger partial charge in [-0.3, -0.25) is 9.59 Å². The van der Waals surface area contributed by atoms with Crippen LogP contribution < -0.4 is 19.7 Å². The summed E-state index contributed by atoms with van der Waals surface area (Å²) < 4.78 is 11.1. The van der Waals surface area contributed by atoms with Crippen LogP contribution in [0.4, 0.5) is 11.4 Å². The molecule has 2 amide bonds. The van der Waals surface area contributed by atoms with Gasteiger partial charge in [-0.2, -0.15) is 0 Å². The standard InChI is InChI=1S/C24H21ClN2O4/c25-18-6-4-5-17(13-18)15-27-21-14-19(9-10-22(21)31-16-24(27)29)26-23(28)11-12-30-20-7-2-1-3-8-20/h1-10,13-14H,11-12,15-16H2,(H,26,28). The lowest BCUT2D eigenvalue weighted by Gasteiger charge is -2.30. The first-order chi connectivity index (χ1) is 15.1. The number of nitrogens with zero attached hydrogens (tertiary/aromatic N) is 1. The van der Waals surface area contributed by atoms with Crippen LogP contribution in [-0.4, -0.2) is 25.0 Å². The minimum Gasteiger partial charge on any atom is -0.493 e. The Kier molecular flexibility index (Phi) is 6.38. The van der Waals surface area contributed by atoms with Crippen molar-refractivity contribution in [1.29, 1.82) is 0 Å². The van der Waals surface area contributed by atoms with Crippen molar-refractivity contribution >= 4 is 34.8 Å². The van der Waals surface area contributed by atoms with Crippen molar-refractivity contribution in [1.82, 2.24) is 0 Å². The molecule has 1 aliphatic rings. The molecular formula is C24H21ClN2O4. The number of hydrogen-bond donors (Lipinski definition) is 1. The van der Waals surface area contributed by atoms with Gasteiger partial charge in [-0.05, 0) is 48.0 Å². The largest absolute Gasteiger partial charge is 0.493 e. The van der Waals surface area contributed by atoms with Crippen LogP contribution in [0.2, 0.25) is 5.02 Å². The molecule has 3 aromatic carbocycles. The van der Waals surface area contributed by atoms with Gasteiger partial charge in [-0.1, -0.05) is 41.9 Å². The van der Waals surface area contributed by atoms with Crippen LogP contribution in [0.15, 0.2) is 72.8 Å². The number of rotatable bonds is 7. The Morgan fingerprint density at radius 3 is 2.71 bits per heavy atom. The number of benzene rings is 3. The summed E-state index contributed by atoms with van der Waals surface area (Å²) in [6.45, 7) is 0.595. The Hall–Kier alpha value is -3.51. The normalized spacial score (nSPS) is 12.7. The van der Waals surface area contributed by atoms with Crippen LogP contribution in [0.3, 0.4) is 0 Å². The highest BCUT2D eigenvalue weighted by atomic mass is 35.5. The Bertz CT molecular complexity index is 1090. The van der Waals surface area contributed by atoms with Crippen LogP contribution in [0.5, 0.6) is 11.5 Å². The van der Waals surface area contributed by atoms with Gasteiger partial charge in [0, 0.05) is 10.7 Å². The van der Waals surface area contributed by atoms with Crippen LogP contribution in [0.25, 0.3) is 0 Å². The van der Waals surface area contributed by atoms with Crippen LogP contribution in [0.1, 0.15) is 12.0 Å². The lowest BCUT2D eigenvalue weighted by atomic mass is 10.1. The first-order valence-corrected chi connectivity index (χ1v) is 10.3. The zero-order valence-corrected chi connectivity index (χ0v) is 17.5. The predicted molar refractivity (Wildman–Crippen MR) is 120 cm³/mol. The summed E-state index contributed by atoms with van der Waals surface area (Å²) >= 11 is 6.08. The average Bonchev–Trinajstić information content (AvgIpc) is 2.77. The minimum absolute atomic E-state index is 0.0317. The second-order valence-electron chi connectivity index (χ2n) is 7.04. The lowest BCUT2D eigenvalue weighted by molar-refractivity contribution is -0.121. The summed E-state index contributed by atoms with van der Waals surface area (Å²) in [5.41, 5.74) is 2.09. The average molecular weight is 437 g/mol. The molecule has 0 saturated heterocycles. The first-order valence-electron chi connectivity index (χ1n) is 9.88. The number of fused-ring (bicyclic) bond motifs is 1. The van der Waals surface area contributed by atoms with Crippen molar-refractivity contribution in [2.75, 3.05) is 23.4 Å². The highest BCUT2D eigenvalue weighted by Crippen LogP contribution is 2.35. The molecule has 31 heavy (non-hydrogen) atoms. The molecular weight excluding hydrogens is 416 g/mol. The van der Waals surface area contributed by atoms with E-state index in [0.29, 0.717) is 28.7 Å². The zero-order valence-electron chi connectivity index (χ0n) is 16.7. The molecule has 0 bridgehead atoms. The van der Waals surface area contributed by atoms with E-state index in [0.717, 1.165) is 11.3 Å². The Labute approximate surface area is 185 Å². The van der Waals surface area contributed by atoms with Crippen molar-refractivity contribution < 1.29 is 19.1 Å². The molecule has 3 aromatic rings. The van der Waals surface area contributed by atoms with Crippen LogP contribution >= 0.6 is 11.6 Å². The monoisotopic (exact) mass is 436 g/mol. The molecule has 0 radical (unpaired) electrons. The van der Waals surface area contributed by atoms with Gasteiger partial charge in [0.1, 0.15) is 11.5 Å². The number of amides is 2. The Morgan fingerprint density at radius 2 is 1.90 bits per heavy atom. The number of halogens is 1. The Balaban J connectivity index is 1.43. The summed E-state index contributed by atoms with van der Waals surface area (Å²) in [6, 6.07) is 21.9. The summed E-state index contributed by atoms with van der Waals surface area (Å²) in [5, 5.41) is 3.46. The van der Waals surface area contributed by atoms with E-state index in [4.69, 9.17) is 21.1 Å². The molecule has 0 aliphatic carbocycles. The highest BCUT2D eigenvalue weighted by Gasteiger charge is 2.26. The van der Waals surface area contributed by atoms with Crippen molar-refractivity contribution in [3.63, 3.8) is 0 Å². The number of carbonyl (C=O) groups is 2. The van der Waals surface area contributed by atoms with Crippen molar-refractivity contribution in [2.45, 2.75) is 13.0 Å². The third-order valence-electron chi connectivity index (χ3n) is 4.76. The summed E-state index contributed by atoms with van der Waals surface area (Å²) in [7, 11) is 0. The molecule has 1 N–H and O–H groups in total. The molecule has 1 aliphatic heterocycles. The maximum Gasteiger partial charge on any atom is 0.265 e. The minimum atomic E-state index is -0.180. The van der Waals surface area contributed by atoms with E-state index in [1.54, 1.807) is 29.2 Å². The summed E-state index contributed by atoms with van der Waals surface area (Å²) in [6.07, 6.45) is 0.202. The molecule has 0 atom stereocenters. The van der Waals surface area contributed by atoms with Gasteiger partial charge < -0.3 is 19.7 Å². The maximum atomic E-state index is 12.5. The Morgan fingerprint density at radius 1 is 1.06 bits per heavy atom. The molecule has 4 rings (SSSR count). The molecule has 0 aromatic heterocycles. The van der Waals surface area contributed by atoms with Crippen molar-refractivity contribution in [2.24, 2.45) is 0 Å². The summed E-state index contributed by atoms with van der Waals surface area (Å²) in [5.74, 6) is 0.968. The second kappa shape index (κ2) is 9.53. The van der Waals surface area contributed by atoms with Crippen molar-refractivity contribution in [3.8, 4) is 11.5 Å². The third-order valence-corrected chi connectivity index (χ3v) is 4.99.